The fourth-order valence-corrected chi connectivity index (χ4v) is 2.51. The van der Waals surface area contributed by atoms with Crippen molar-refractivity contribution in [3.8, 4) is 11.5 Å². The fraction of sp³-hybridized carbons (Fsp3) is 0.381. The summed E-state index contributed by atoms with van der Waals surface area (Å²) in [6, 6.07) is 14.0. The van der Waals surface area contributed by atoms with E-state index in [-0.39, 0.29) is 11.7 Å². The summed E-state index contributed by atoms with van der Waals surface area (Å²) in [6.07, 6.45) is 1.87. The van der Waals surface area contributed by atoms with E-state index in [1.54, 1.807) is 12.1 Å². The van der Waals surface area contributed by atoms with Gasteiger partial charge in [-0.3, -0.25) is 4.79 Å². The normalized spacial score (nSPS) is 11.7. The lowest BCUT2D eigenvalue weighted by Gasteiger charge is -2.17. The molecule has 0 aliphatic rings. The molecule has 1 amide bonds. The Bertz CT molecular complexity index is 688. The first kappa shape index (κ1) is 19.8. The summed E-state index contributed by atoms with van der Waals surface area (Å²) in [6.45, 7) is 4.67. The monoisotopic (exact) mass is 359 g/mol. The second-order valence-electron chi connectivity index (χ2n) is 5.98. The zero-order valence-corrected chi connectivity index (χ0v) is 15.3. The van der Waals surface area contributed by atoms with E-state index in [0.717, 1.165) is 18.6 Å². The highest BCUT2D eigenvalue weighted by atomic mass is 19.1. The van der Waals surface area contributed by atoms with Crippen molar-refractivity contribution in [3.05, 3.63) is 59.9 Å². The zero-order valence-electron chi connectivity index (χ0n) is 15.3. The molecule has 0 spiro atoms. The number of para-hydroxylation sites is 1. The van der Waals surface area contributed by atoms with Crippen LogP contribution in [0, 0.1) is 5.82 Å². The highest BCUT2D eigenvalue weighted by Crippen LogP contribution is 2.18. The minimum atomic E-state index is -0.736. The molecule has 0 fully saturated rings. The zero-order chi connectivity index (χ0) is 18.8. The third kappa shape index (κ3) is 6.06. The topological polar surface area (TPSA) is 47.6 Å². The molecule has 2 aromatic rings. The molecule has 1 N–H and O–H groups in total. The molecule has 2 rings (SSSR count). The van der Waals surface area contributed by atoms with E-state index < -0.39 is 11.9 Å². The number of amides is 1. The molecular weight excluding hydrogens is 333 g/mol. The first-order chi connectivity index (χ1) is 12.6. The van der Waals surface area contributed by atoms with Gasteiger partial charge in [0.15, 0.2) is 17.7 Å². The molecule has 0 aliphatic carbocycles. The number of nitrogens with one attached hydrogen (secondary N) is 1. The van der Waals surface area contributed by atoms with Gasteiger partial charge in [0.05, 0.1) is 6.54 Å². The van der Waals surface area contributed by atoms with Crippen molar-refractivity contribution in [2.24, 2.45) is 0 Å². The Hall–Kier alpha value is -2.56. The Morgan fingerprint density at radius 3 is 2.50 bits per heavy atom. The van der Waals surface area contributed by atoms with Crippen molar-refractivity contribution in [2.45, 2.75) is 39.2 Å². The van der Waals surface area contributed by atoms with Crippen LogP contribution in [0.5, 0.6) is 11.5 Å². The quantitative estimate of drug-likeness (QED) is 0.649. The van der Waals surface area contributed by atoms with E-state index in [1.807, 2.05) is 31.2 Å². The molecule has 0 aliphatic heterocycles. The van der Waals surface area contributed by atoms with Crippen LogP contribution in [-0.4, -0.2) is 25.2 Å². The van der Waals surface area contributed by atoms with Crippen LogP contribution in [0.1, 0.15) is 32.3 Å². The van der Waals surface area contributed by atoms with E-state index >= 15 is 0 Å². The Balaban J connectivity index is 1.75. The molecule has 0 radical (unpaired) electrons. The Morgan fingerprint density at radius 2 is 1.85 bits per heavy atom. The number of ether oxygens (including phenoxy) is 2. The number of carbonyl (C=O) groups excluding carboxylic acids is 1. The van der Waals surface area contributed by atoms with Crippen molar-refractivity contribution in [1.82, 2.24) is 5.32 Å². The highest BCUT2D eigenvalue weighted by molar-refractivity contribution is 5.81. The van der Waals surface area contributed by atoms with E-state index in [2.05, 4.69) is 12.2 Å². The number of halogens is 1. The summed E-state index contributed by atoms with van der Waals surface area (Å²) in [5, 5.41) is 2.76. The average molecular weight is 359 g/mol. The maximum Gasteiger partial charge on any atom is 0.261 e. The third-order valence-corrected chi connectivity index (χ3v) is 3.90. The second kappa shape index (κ2) is 10.4. The lowest BCUT2D eigenvalue weighted by atomic mass is 10.1. The predicted molar refractivity (Wildman–Crippen MR) is 100 cm³/mol. The number of carbonyl (C=O) groups is 1. The van der Waals surface area contributed by atoms with Gasteiger partial charge in [0.2, 0.25) is 0 Å². The standard InChI is InChI=1S/C21H26FNO3/c1-3-7-16-10-12-17(13-11-16)25-15-14-23-21(24)19(4-2)26-20-9-6-5-8-18(20)22/h5-6,8-13,19H,3-4,7,14-15H2,1-2H3,(H,23,24)/t19-/m1/s1. The van der Waals surface area contributed by atoms with E-state index in [1.165, 1.54) is 17.7 Å². The summed E-state index contributed by atoms with van der Waals surface area (Å²) >= 11 is 0. The van der Waals surface area contributed by atoms with Gasteiger partial charge in [0.1, 0.15) is 12.4 Å². The van der Waals surface area contributed by atoms with Gasteiger partial charge in [-0.05, 0) is 42.7 Å². The minimum absolute atomic E-state index is 0.0814. The Kier molecular flexibility index (Phi) is 7.93. The predicted octanol–water partition coefficient (Wildman–Crippen LogP) is 4.13. The molecule has 1 atom stereocenters. The number of aryl methyl sites for hydroxylation is 1. The van der Waals surface area contributed by atoms with Crippen LogP contribution in [0.2, 0.25) is 0 Å². The van der Waals surface area contributed by atoms with Crippen LogP contribution in [-0.2, 0) is 11.2 Å². The highest BCUT2D eigenvalue weighted by Gasteiger charge is 2.19. The molecule has 0 unspecified atom stereocenters. The molecule has 0 heterocycles. The van der Waals surface area contributed by atoms with Gasteiger partial charge in [-0.25, -0.2) is 4.39 Å². The smallest absolute Gasteiger partial charge is 0.261 e. The number of benzene rings is 2. The van der Waals surface area contributed by atoms with Crippen LogP contribution in [0.15, 0.2) is 48.5 Å². The summed E-state index contributed by atoms with van der Waals surface area (Å²) in [5.74, 6) is 0.0953. The molecule has 0 saturated heterocycles. The van der Waals surface area contributed by atoms with Crippen LogP contribution in [0.3, 0.4) is 0 Å². The van der Waals surface area contributed by atoms with E-state index in [4.69, 9.17) is 9.47 Å². The maximum atomic E-state index is 13.6. The van der Waals surface area contributed by atoms with Gasteiger partial charge in [0, 0.05) is 0 Å². The summed E-state index contributed by atoms with van der Waals surface area (Å²) in [4.78, 5) is 12.2. The van der Waals surface area contributed by atoms with Crippen molar-refractivity contribution >= 4 is 5.91 Å². The van der Waals surface area contributed by atoms with Crippen molar-refractivity contribution in [3.63, 3.8) is 0 Å². The van der Waals surface area contributed by atoms with Gasteiger partial charge < -0.3 is 14.8 Å². The molecule has 4 nitrogen and oxygen atoms in total. The van der Waals surface area contributed by atoms with Crippen molar-refractivity contribution in [2.75, 3.05) is 13.2 Å². The van der Waals surface area contributed by atoms with Crippen molar-refractivity contribution < 1.29 is 18.7 Å². The molecule has 140 valence electrons. The number of rotatable bonds is 10. The van der Waals surface area contributed by atoms with Crippen LogP contribution in [0.4, 0.5) is 4.39 Å². The third-order valence-electron chi connectivity index (χ3n) is 3.90. The Morgan fingerprint density at radius 1 is 1.12 bits per heavy atom. The van der Waals surface area contributed by atoms with Gasteiger partial charge in [-0.2, -0.15) is 0 Å². The SMILES string of the molecule is CCCc1ccc(OCCNC(=O)[C@@H](CC)Oc2ccccc2F)cc1. The first-order valence-electron chi connectivity index (χ1n) is 9.04. The molecule has 0 aromatic heterocycles. The van der Waals surface area contributed by atoms with Gasteiger partial charge in [-0.15, -0.1) is 0 Å². The molecule has 0 bridgehead atoms. The number of hydrogen-bond acceptors (Lipinski definition) is 3. The van der Waals surface area contributed by atoms with Gasteiger partial charge in [0.25, 0.3) is 5.91 Å². The first-order valence-corrected chi connectivity index (χ1v) is 9.04. The molecule has 5 heteroatoms. The molecule has 26 heavy (non-hydrogen) atoms. The molecule has 0 saturated carbocycles. The largest absolute Gasteiger partial charge is 0.492 e. The van der Waals surface area contributed by atoms with Gasteiger partial charge >= 0.3 is 0 Å². The van der Waals surface area contributed by atoms with Crippen molar-refractivity contribution in [1.29, 1.82) is 0 Å². The summed E-state index contributed by atoms with van der Waals surface area (Å²) in [5.41, 5.74) is 1.28. The minimum Gasteiger partial charge on any atom is -0.492 e. The summed E-state index contributed by atoms with van der Waals surface area (Å²) in [7, 11) is 0. The van der Waals surface area contributed by atoms with Gasteiger partial charge in [-0.1, -0.05) is 44.5 Å². The lowest BCUT2D eigenvalue weighted by Crippen LogP contribution is -2.39. The fourth-order valence-electron chi connectivity index (χ4n) is 2.51. The lowest BCUT2D eigenvalue weighted by molar-refractivity contribution is -0.128. The van der Waals surface area contributed by atoms with E-state index in [0.29, 0.717) is 19.6 Å². The summed E-state index contributed by atoms with van der Waals surface area (Å²) < 4.78 is 24.7. The van der Waals surface area contributed by atoms with Crippen LogP contribution < -0.4 is 14.8 Å². The maximum absolute atomic E-state index is 13.6. The molecular formula is C21H26FNO3. The number of hydrogen-bond donors (Lipinski definition) is 1. The van der Waals surface area contributed by atoms with Crippen LogP contribution in [0.25, 0.3) is 0 Å². The Labute approximate surface area is 154 Å². The molecule has 2 aromatic carbocycles. The average Bonchev–Trinajstić information content (AvgIpc) is 2.66. The van der Waals surface area contributed by atoms with E-state index in [9.17, 15) is 9.18 Å². The van der Waals surface area contributed by atoms with Crippen LogP contribution >= 0.6 is 0 Å². The second-order valence-corrected chi connectivity index (χ2v) is 5.98.